The van der Waals surface area contributed by atoms with E-state index in [4.69, 9.17) is 9.84 Å². The third-order valence-corrected chi connectivity index (χ3v) is 6.79. The van der Waals surface area contributed by atoms with E-state index in [2.05, 4.69) is 38.1 Å². The number of aromatic nitrogens is 6. The van der Waals surface area contributed by atoms with Crippen molar-refractivity contribution in [3.8, 4) is 5.75 Å². The number of tetrazole rings is 1. The zero-order chi connectivity index (χ0) is 22.5. The average Bonchev–Trinajstić information content (AvgIpc) is 3.47. The highest BCUT2D eigenvalue weighted by Crippen LogP contribution is 2.30. The molecule has 0 spiro atoms. The fraction of sp³-hybridized carbons (Fsp3) is 0.368. The van der Waals surface area contributed by atoms with Crippen molar-refractivity contribution in [2.75, 3.05) is 13.1 Å². The SMILES string of the molecule is O=C(O)Cn1nnnc1SC1CCN(C(=O)Oc2ccc(C(S)c3ncc[nH]3)cc2)CC1. The van der Waals surface area contributed by atoms with Crippen LogP contribution in [0.3, 0.4) is 0 Å². The number of thioether (sulfide) groups is 1. The monoisotopic (exact) mass is 475 g/mol. The van der Waals surface area contributed by atoms with Gasteiger partial charge in [-0.25, -0.2) is 14.5 Å². The molecule has 1 aromatic carbocycles. The number of likely N-dealkylation sites (tertiary alicyclic amines) is 1. The molecule has 0 saturated carbocycles. The van der Waals surface area contributed by atoms with Crippen LogP contribution in [0.25, 0.3) is 0 Å². The van der Waals surface area contributed by atoms with Gasteiger partial charge in [0, 0.05) is 30.7 Å². The molecule has 1 aliphatic heterocycles. The first kappa shape index (κ1) is 22.1. The molecular formula is C19H21N7O4S2. The van der Waals surface area contributed by atoms with Gasteiger partial charge in [0.25, 0.3) is 0 Å². The van der Waals surface area contributed by atoms with Crippen molar-refractivity contribution in [2.24, 2.45) is 0 Å². The standard InChI is InChI=1S/C19H21N7O4S2/c27-15(28)11-26-18(22-23-24-26)32-14-5-9-25(10-6-14)19(29)30-13-3-1-12(2-4-13)16(31)17-20-7-8-21-17/h1-4,7-8,14,16,31H,5-6,9-11H2,(H,20,21)(H,27,28). The molecule has 1 atom stereocenters. The predicted molar refractivity (Wildman–Crippen MR) is 118 cm³/mol. The van der Waals surface area contributed by atoms with E-state index in [9.17, 15) is 9.59 Å². The quantitative estimate of drug-likeness (QED) is 0.439. The van der Waals surface area contributed by atoms with E-state index in [1.54, 1.807) is 29.4 Å². The van der Waals surface area contributed by atoms with Gasteiger partial charge in [-0.15, -0.1) is 5.10 Å². The van der Waals surface area contributed by atoms with E-state index in [0.717, 1.165) is 24.2 Å². The number of hydrogen-bond acceptors (Lipinski definition) is 9. The summed E-state index contributed by atoms with van der Waals surface area (Å²) in [6.07, 6.45) is 4.47. The molecule has 3 heterocycles. The van der Waals surface area contributed by atoms with Crippen LogP contribution in [0.2, 0.25) is 0 Å². The lowest BCUT2D eigenvalue weighted by Gasteiger charge is -2.30. The molecule has 1 aliphatic rings. The lowest BCUT2D eigenvalue weighted by atomic mass is 10.1. The number of hydrogen-bond donors (Lipinski definition) is 3. The van der Waals surface area contributed by atoms with Gasteiger partial charge in [-0.2, -0.15) is 12.6 Å². The lowest BCUT2D eigenvalue weighted by Crippen LogP contribution is -2.41. The number of piperidine rings is 1. The molecule has 11 nitrogen and oxygen atoms in total. The zero-order valence-electron chi connectivity index (χ0n) is 16.9. The predicted octanol–water partition coefficient (Wildman–Crippen LogP) is 2.26. The number of imidazole rings is 1. The van der Waals surface area contributed by atoms with Gasteiger partial charge in [0.15, 0.2) is 0 Å². The van der Waals surface area contributed by atoms with Crippen LogP contribution >= 0.6 is 24.4 Å². The molecule has 32 heavy (non-hydrogen) atoms. The van der Waals surface area contributed by atoms with Crippen LogP contribution < -0.4 is 4.74 Å². The summed E-state index contributed by atoms with van der Waals surface area (Å²) in [5.74, 6) is 0.203. The van der Waals surface area contributed by atoms with E-state index < -0.39 is 12.1 Å². The Labute approximate surface area is 193 Å². The molecule has 1 saturated heterocycles. The van der Waals surface area contributed by atoms with Crippen molar-refractivity contribution in [2.45, 2.75) is 35.0 Å². The molecule has 1 unspecified atom stereocenters. The van der Waals surface area contributed by atoms with Crippen LogP contribution in [0.5, 0.6) is 5.75 Å². The Morgan fingerprint density at radius 2 is 2.03 bits per heavy atom. The number of rotatable bonds is 7. The van der Waals surface area contributed by atoms with Crippen LogP contribution in [0.1, 0.15) is 29.5 Å². The van der Waals surface area contributed by atoms with Crippen LogP contribution in [-0.4, -0.2) is 70.6 Å². The van der Waals surface area contributed by atoms with Gasteiger partial charge in [-0.3, -0.25) is 4.79 Å². The Balaban J connectivity index is 1.27. The van der Waals surface area contributed by atoms with Crippen LogP contribution in [-0.2, 0) is 11.3 Å². The number of H-pyrrole nitrogens is 1. The maximum atomic E-state index is 12.5. The molecule has 1 fully saturated rings. The highest BCUT2D eigenvalue weighted by Gasteiger charge is 2.26. The van der Waals surface area contributed by atoms with Crippen molar-refractivity contribution in [3.05, 3.63) is 48.0 Å². The number of nitrogens with one attached hydrogen (secondary N) is 1. The molecule has 2 N–H and O–H groups in total. The summed E-state index contributed by atoms with van der Waals surface area (Å²) < 4.78 is 6.78. The van der Waals surface area contributed by atoms with E-state index in [1.807, 2.05) is 12.1 Å². The summed E-state index contributed by atoms with van der Waals surface area (Å²) >= 11 is 6.00. The minimum atomic E-state index is -1.00. The third-order valence-electron chi connectivity index (χ3n) is 4.94. The third kappa shape index (κ3) is 5.40. The molecule has 13 heteroatoms. The van der Waals surface area contributed by atoms with Crippen molar-refractivity contribution in [1.29, 1.82) is 0 Å². The van der Waals surface area contributed by atoms with Gasteiger partial charge in [-0.1, -0.05) is 23.9 Å². The van der Waals surface area contributed by atoms with Gasteiger partial charge in [0.1, 0.15) is 18.1 Å². The number of carbonyl (C=O) groups is 2. The fourth-order valence-electron chi connectivity index (χ4n) is 3.28. The van der Waals surface area contributed by atoms with E-state index >= 15 is 0 Å². The maximum Gasteiger partial charge on any atom is 0.415 e. The average molecular weight is 476 g/mol. The van der Waals surface area contributed by atoms with Crippen molar-refractivity contribution in [3.63, 3.8) is 0 Å². The second kappa shape index (κ2) is 10.0. The summed E-state index contributed by atoms with van der Waals surface area (Å²) in [5.41, 5.74) is 0.936. The molecule has 0 aliphatic carbocycles. The number of aromatic amines is 1. The first-order valence-corrected chi connectivity index (χ1v) is 11.3. The number of carboxylic acids is 1. The highest BCUT2D eigenvalue weighted by atomic mass is 32.2. The first-order valence-electron chi connectivity index (χ1n) is 9.88. The fourth-order valence-corrected chi connectivity index (χ4v) is 4.65. The van der Waals surface area contributed by atoms with Crippen molar-refractivity contribution < 1.29 is 19.4 Å². The van der Waals surface area contributed by atoms with E-state index in [-0.39, 0.29) is 17.0 Å². The normalized spacial score (nSPS) is 15.5. The summed E-state index contributed by atoms with van der Waals surface area (Å²) in [6.45, 7) is 0.785. The Hall–Kier alpha value is -3.06. The molecule has 1 amide bonds. The topological polar surface area (TPSA) is 139 Å². The summed E-state index contributed by atoms with van der Waals surface area (Å²) in [5, 5.41) is 20.5. The number of ether oxygens (including phenoxy) is 1. The highest BCUT2D eigenvalue weighted by molar-refractivity contribution is 7.99. The molecule has 3 aromatic rings. The Kier molecular flexibility index (Phi) is 6.95. The molecule has 2 aromatic heterocycles. The maximum absolute atomic E-state index is 12.5. The van der Waals surface area contributed by atoms with Crippen molar-refractivity contribution >= 4 is 36.5 Å². The minimum Gasteiger partial charge on any atom is -0.480 e. The Bertz CT molecular complexity index is 1050. The summed E-state index contributed by atoms with van der Waals surface area (Å²) in [4.78, 5) is 32.3. The number of aliphatic carboxylic acids is 1. The van der Waals surface area contributed by atoms with Gasteiger partial charge in [-0.05, 0) is 41.0 Å². The second-order valence-electron chi connectivity index (χ2n) is 7.13. The van der Waals surface area contributed by atoms with Crippen LogP contribution in [0, 0.1) is 0 Å². The summed E-state index contributed by atoms with van der Waals surface area (Å²) in [7, 11) is 0. The van der Waals surface area contributed by atoms with Gasteiger partial charge < -0.3 is 19.7 Å². The molecular weight excluding hydrogens is 454 g/mol. The largest absolute Gasteiger partial charge is 0.480 e. The Morgan fingerprint density at radius 3 is 2.69 bits per heavy atom. The summed E-state index contributed by atoms with van der Waals surface area (Å²) in [6, 6.07) is 7.19. The van der Waals surface area contributed by atoms with E-state index in [0.29, 0.717) is 24.0 Å². The lowest BCUT2D eigenvalue weighted by molar-refractivity contribution is -0.138. The molecule has 0 bridgehead atoms. The molecule has 4 rings (SSSR count). The number of nitrogens with zero attached hydrogens (tertiary/aromatic N) is 6. The molecule has 0 radical (unpaired) electrons. The van der Waals surface area contributed by atoms with Gasteiger partial charge >= 0.3 is 12.1 Å². The van der Waals surface area contributed by atoms with Gasteiger partial charge in [0.2, 0.25) is 5.16 Å². The van der Waals surface area contributed by atoms with Crippen LogP contribution in [0.15, 0.2) is 41.8 Å². The van der Waals surface area contributed by atoms with Crippen LogP contribution in [0.4, 0.5) is 4.79 Å². The zero-order valence-corrected chi connectivity index (χ0v) is 18.6. The number of carboxylic acid groups (broad SMARTS) is 1. The Morgan fingerprint density at radius 1 is 1.28 bits per heavy atom. The van der Waals surface area contributed by atoms with E-state index in [1.165, 1.54) is 16.4 Å². The second-order valence-corrected chi connectivity index (χ2v) is 8.91. The molecule has 168 valence electrons. The number of carbonyl (C=O) groups excluding carboxylic acids is 1. The smallest absolute Gasteiger partial charge is 0.415 e. The number of amides is 1. The first-order chi connectivity index (χ1) is 15.5. The van der Waals surface area contributed by atoms with Gasteiger partial charge in [0.05, 0.1) is 5.25 Å². The van der Waals surface area contributed by atoms with Crippen molar-refractivity contribution in [1.82, 2.24) is 35.1 Å². The number of thiol groups is 1. The minimum absolute atomic E-state index is 0.186. The number of benzene rings is 1.